The second kappa shape index (κ2) is 72.3. The van der Waals surface area contributed by atoms with Crippen molar-refractivity contribution in [3.63, 3.8) is 0 Å². The van der Waals surface area contributed by atoms with Gasteiger partial charge in [-0.05, 0) is 109 Å². The number of hydrogen-bond acceptors (Lipinski definition) is 15. The van der Waals surface area contributed by atoms with E-state index in [2.05, 4.69) is 131 Å². The van der Waals surface area contributed by atoms with Gasteiger partial charge in [0, 0.05) is 19.3 Å². The van der Waals surface area contributed by atoms with E-state index in [1.54, 1.807) is 12.2 Å². The molecule has 0 heterocycles. The Bertz CT molecular complexity index is 2470. The van der Waals surface area contributed by atoms with Gasteiger partial charge in [0.1, 0.15) is 19.3 Å². The lowest BCUT2D eigenvalue weighted by atomic mass is 10.0. The maximum Gasteiger partial charge on any atom is 0.472 e. The third kappa shape index (κ3) is 71.3. The molecule has 0 aromatic rings. The summed E-state index contributed by atoms with van der Waals surface area (Å²) in [5, 5.41) is 10.6. The number of esters is 4. The van der Waals surface area contributed by atoms with Gasteiger partial charge in [0.05, 0.1) is 32.8 Å². The van der Waals surface area contributed by atoms with Crippen LogP contribution in [0.2, 0.25) is 0 Å². The second-order valence-electron chi connectivity index (χ2n) is 24.8. The first-order valence-corrected chi connectivity index (χ1v) is 41.1. The lowest BCUT2D eigenvalue weighted by Crippen LogP contribution is -2.30. The molecule has 0 radical (unpaired) electrons. The summed E-state index contributed by atoms with van der Waals surface area (Å²) in [6, 6.07) is 0. The number of phosphoric acid groups is 2. The van der Waals surface area contributed by atoms with Crippen molar-refractivity contribution >= 4 is 39.5 Å². The van der Waals surface area contributed by atoms with Crippen LogP contribution in [0.25, 0.3) is 0 Å². The fourth-order valence-corrected chi connectivity index (χ4v) is 11.2. The maximum absolute atomic E-state index is 13.1. The molecule has 0 bridgehead atoms. The molecule has 100 heavy (non-hydrogen) atoms. The average Bonchev–Trinajstić information content (AvgIpc) is 0.985. The quantitative estimate of drug-likeness (QED) is 0.0169. The number of rotatable bonds is 70. The van der Waals surface area contributed by atoms with E-state index in [4.69, 9.17) is 37.0 Å². The van der Waals surface area contributed by atoms with Crippen LogP contribution < -0.4 is 0 Å². The molecule has 5 atom stereocenters. The number of aliphatic hydroxyl groups excluding tert-OH is 1. The van der Waals surface area contributed by atoms with Crippen LogP contribution in [0.5, 0.6) is 0 Å². The Labute approximate surface area is 605 Å². The average molecular weight is 1440 g/mol. The van der Waals surface area contributed by atoms with Gasteiger partial charge < -0.3 is 33.8 Å². The smallest absolute Gasteiger partial charge is 0.462 e. The van der Waals surface area contributed by atoms with Gasteiger partial charge >= 0.3 is 39.5 Å². The summed E-state index contributed by atoms with van der Waals surface area (Å²) in [7, 11) is -10.0. The molecule has 0 aliphatic carbocycles. The van der Waals surface area contributed by atoms with Gasteiger partial charge in [-0.25, -0.2) is 9.13 Å². The SMILES string of the molecule is CC/C=C\C/C=C\C/C=C\C/C=C\C/C=C\C/C=C\CCC(=O)OCC(COP(=O)(O)OCC(O)COP(=O)(O)OCC(COC(=O)CCCCCCCCCCCCCCCCC)OC(=O)CCCCCCC/C=C\CCCC)OC(=O)C/C=C\C/C=C\C/C=C\C/C=C\C/C=C\CC. The van der Waals surface area contributed by atoms with Crippen molar-refractivity contribution in [2.45, 2.75) is 303 Å². The van der Waals surface area contributed by atoms with Crippen LogP contribution in [0.3, 0.4) is 0 Å². The highest BCUT2D eigenvalue weighted by Crippen LogP contribution is 2.45. The molecule has 17 nitrogen and oxygen atoms in total. The van der Waals surface area contributed by atoms with Gasteiger partial charge in [0.25, 0.3) is 0 Å². The lowest BCUT2D eigenvalue weighted by molar-refractivity contribution is -0.161. The second-order valence-corrected chi connectivity index (χ2v) is 27.8. The molecule has 0 aliphatic rings. The number of allylic oxidation sites excluding steroid dienone is 23. The Kier molecular flexibility index (Phi) is 68.6. The third-order valence-corrected chi connectivity index (χ3v) is 17.2. The van der Waals surface area contributed by atoms with E-state index < -0.39 is 97.5 Å². The van der Waals surface area contributed by atoms with Crippen LogP contribution in [-0.4, -0.2) is 96.7 Å². The zero-order chi connectivity index (χ0) is 73.2. The Morgan fingerprint density at radius 1 is 0.300 bits per heavy atom. The fourth-order valence-electron chi connectivity index (χ4n) is 9.60. The van der Waals surface area contributed by atoms with E-state index in [1.165, 1.54) is 83.5 Å². The van der Waals surface area contributed by atoms with E-state index in [0.717, 1.165) is 116 Å². The summed E-state index contributed by atoms with van der Waals surface area (Å²) in [6.07, 6.45) is 81.8. The summed E-state index contributed by atoms with van der Waals surface area (Å²) in [5.41, 5.74) is 0. The van der Waals surface area contributed by atoms with Crippen LogP contribution in [0.1, 0.15) is 285 Å². The van der Waals surface area contributed by atoms with Crippen molar-refractivity contribution in [3.8, 4) is 0 Å². The number of phosphoric ester groups is 2. The Morgan fingerprint density at radius 2 is 0.590 bits per heavy atom. The molecule has 19 heteroatoms. The molecule has 0 saturated heterocycles. The van der Waals surface area contributed by atoms with E-state index >= 15 is 0 Å². The molecule has 0 amide bonds. The van der Waals surface area contributed by atoms with Crippen molar-refractivity contribution < 1.29 is 80.2 Å². The zero-order valence-corrected chi connectivity index (χ0v) is 63.9. The number of carbonyl (C=O) groups is 4. The van der Waals surface area contributed by atoms with Gasteiger partial charge in [0.2, 0.25) is 0 Å². The summed E-state index contributed by atoms with van der Waals surface area (Å²) >= 11 is 0. The minimum absolute atomic E-state index is 0.0123. The minimum atomic E-state index is -5.02. The predicted octanol–water partition coefficient (Wildman–Crippen LogP) is 21.9. The topological polar surface area (TPSA) is 237 Å². The highest BCUT2D eigenvalue weighted by atomic mass is 31.2. The van der Waals surface area contributed by atoms with Crippen molar-refractivity contribution in [2.24, 2.45) is 0 Å². The molecule has 0 saturated carbocycles. The number of aliphatic hydroxyl groups is 1. The molecule has 0 aliphatic heterocycles. The van der Waals surface area contributed by atoms with Gasteiger partial charge in [-0.15, -0.1) is 0 Å². The predicted molar refractivity (Wildman–Crippen MR) is 408 cm³/mol. The first-order chi connectivity index (χ1) is 48.7. The molecule has 0 fully saturated rings. The van der Waals surface area contributed by atoms with E-state index in [0.29, 0.717) is 32.1 Å². The lowest BCUT2D eigenvalue weighted by Gasteiger charge is -2.21. The van der Waals surface area contributed by atoms with Crippen LogP contribution in [0, 0.1) is 0 Å². The molecule has 5 unspecified atom stereocenters. The minimum Gasteiger partial charge on any atom is -0.462 e. The van der Waals surface area contributed by atoms with Crippen LogP contribution in [-0.2, 0) is 65.4 Å². The van der Waals surface area contributed by atoms with Crippen molar-refractivity contribution in [1.29, 1.82) is 0 Å². The van der Waals surface area contributed by atoms with Gasteiger partial charge in [-0.3, -0.25) is 37.3 Å². The van der Waals surface area contributed by atoms with Crippen molar-refractivity contribution in [3.05, 3.63) is 146 Å². The first-order valence-electron chi connectivity index (χ1n) is 38.1. The normalized spacial score (nSPS) is 14.8. The Balaban J connectivity index is 5.46. The standard InChI is InChI=1S/C81H134O17P2/c1-5-9-13-17-21-25-29-32-35-36-37-38-41-43-47-50-54-58-62-66-79(84)92-72-77(98-81(86)68-64-60-56-52-48-44-40-34-31-27-23-19-15-11-7-3)74-96-100(89,90)94-70-75(82)69-93-99(87,88)95-73-76(97-80(85)67-63-59-55-51-45-28-24-20-16-12-8-4)71-91-78(83)65-61-57-53-49-46-42-39-33-30-26-22-18-14-10-6-2/h9,11,13,15,20-21,23-25,27,32,34-35,37-38,40,43,47-48,52,54,58,60,64,75-77,82H,5-8,10,12,14,16-19,22,26,28-31,33,36,39,41-42,44-46,49-51,53,55-57,59,61-63,65-74H2,1-4H3,(H,87,88)(H,89,90)/b13-9-,15-11-,24-20-,25-21-,27-23-,35-32-,38-37-,40-34-,47-43-,52-48-,58-54-,64-60-. The van der Waals surface area contributed by atoms with Crippen molar-refractivity contribution in [1.82, 2.24) is 0 Å². The molecule has 3 N–H and O–H groups in total. The largest absolute Gasteiger partial charge is 0.472 e. The summed E-state index contributed by atoms with van der Waals surface area (Å²) in [6.45, 7) is 4.39. The summed E-state index contributed by atoms with van der Waals surface area (Å²) in [5.74, 6) is -2.44. The zero-order valence-electron chi connectivity index (χ0n) is 62.1. The first kappa shape index (κ1) is 94.9. The third-order valence-electron chi connectivity index (χ3n) is 15.3. The molecule has 0 aromatic heterocycles. The van der Waals surface area contributed by atoms with Crippen molar-refractivity contribution in [2.75, 3.05) is 39.6 Å². The number of unbranched alkanes of at least 4 members (excludes halogenated alkanes) is 21. The van der Waals surface area contributed by atoms with Gasteiger partial charge in [0.15, 0.2) is 12.2 Å². The Morgan fingerprint density at radius 3 is 0.980 bits per heavy atom. The molecule has 0 spiro atoms. The molecule has 0 rings (SSSR count). The van der Waals surface area contributed by atoms with Gasteiger partial charge in [-0.1, -0.05) is 296 Å². The molecular weight excluding hydrogens is 1310 g/mol. The van der Waals surface area contributed by atoms with Crippen LogP contribution in [0.15, 0.2) is 146 Å². The number of hydrogen-bond donors (Lipinski definition) is 3. The van der Waals surface area contributed by atoms with Crippen LogP contribution in [0.4, 0.5) is 0 Å². The highest BCUT2D eigenvalue weighted by molar-refractivity contribution is 7.47. The monoisotopic (exact) mass is 1440 g/mol. The van der Waals surface area contributed by atoms with E-state index in [1.807, 2.05) is 30.4 Å². The number of carbonyl (C=O) groups excluding carboxylic acids is 4. The van der Waals surface area contributed by atoms with E-state index in [9.17, 15) is 43.2 Å². The van der Waals surface area contributed by atoms with E-state index in [-0.39, 0.29) is 25.7 Å². The molecular formula is C81H134O17P2. The Hall–Kier alpha value is -5.06. The molecule has 0 aromatic carbocycles. The summed E-state index contributed by atoms with van der Waals surface area (Å²) < 4.78 is 68.2. The van der Waals surface area contributed by atoms with Crippen LogP contribution >= 0.6 is 15.6 Å². The number of ether oxygens (including phenoxy) is 4. The summed E-state index contributed by atoms with van der Waals surface area (Å²) in [4.78, 5) is 72.7. The van der Waals surface area contributed by atoms with Gasteiger partial charge in [-0.2, -0.15) is 0 Å². The molecule has 570 valence electrons. The maximum atomic E-state index is 13.1. The highest BCUT2D eigenvalue weighted by Gasteiger charge is 2.30. The fraction of sp³-hybridized carbons (Fsp3) is 0.654.